The summed E-state index contributed by atoms with van der Waals surface area (Å²) in [5, 5.41) is 14.4. The van der Waals surface area contributed by atoms with Gasteiger partial charge in [0.05, 0.1) is 19.9 Å². The maximum Gasteiger partial charge on any atom is 0.226 e. The second-order valence-corrected chi connectivity index (χ2v) is 6.08. The van der Waals surface area contributed by atoms with E-state index in [9.17, 15) is 9.59 Å². The molecule has 1 aromatic heterocycles. The average molecular weight is 364 g/mol. The lowest BCUT2D eigenvalue weighted by atomic mass is 10.2. The minimum absolute atomic E-state index is 0.0334. The van der Waals surface area contributed by atoms with Gasteiger partial charge >= 0.3 is 0 Å². The van der Waals surface area contributed by atoms with E-state index in [0.717, 1.165) is 11.4 Å². The summed E-state index contributed by atoms with van der Waals surface area (Å²) in [6.45, 7) is 1.96. The van der Waals surface area contributed by atoms with E-state index in [1.807, 2.05) is 6.92 Å². The topological polar surface area (TPSA) is 102 Å². The van der Waals surface area contributed by atoms with E-state index < -0.39 is 0 Å². The molecule has 0 unspecified atom stereocenters. The van der Waals surface area contributed by atoms with Crippen LogP contribution in [0, 0.1) is 0 Å². The van der Waals surface area contributed by atoms with Gasteiger partial charge in [-0.25, -0.2) is 0 Å². The standard InChI is InChI=1S/C16H20N4O4S/c1-4-15-19-20-16(25-15)18-14(22)8-7-13(21)17-11-9-10(23-2)5-6-12(11)24-3/h5-6,9H,4,7-8H2,1-3H3,(H,17,21)(H,18,20,22). The molecule has 25 heavy (non-hydrogen) atoms. The highest BCUT2D eigenvalue weighted by molar-refractivity contribution is 7.15. The number of aromatic nitrogens is 2. The van der Waals surface area contributed by atoms with Crippen molar-refractivity contribution in [1.82, 2.24) is 10.2 Å². The van der Waals surface area contributed by atoms with Gasteiger partial charge in [-0.15, -0.1) is 10.2 Å². The van der Waals surface area contributed by atoms with Crippen molar-refractivity contribution in [1.29, 1.82) is 0 Å². The van der Waals surface area contributed by atoms with Gasteiger partial charge in [0.1, 0.15) is 16.5 Å². The van der Waals surface area contributed by atoms with Crippen LogP contribution in [-0.2, 0) is 16.0 Å². The molecule has 2 amide bonds. The molecule has 9 heteroatoms. The zero-order valence-corrected chi connectivity index (χ0v) is 15.1. The van der Waals surface area contributed by atoms with E-state index in [4.69, 9.17) is 9.47 Å². The average Bonchev–Trinajstić information content (AvgIpc) is 3.07. The first-order valence-electron chi connectivity index (χ1n) is 7.69. The Bertz CT molecular complexity index is 747. The second-order valence-electron chi connectivity index (χ2n) is 5.02. The van der Waals surface area contributed by atoms with Crippen LogP contribution < -0.4 is 20.1 Å². The molecule has 0 aliphatic rings. The van der Waals surface area contributed by atoms with Crippen LogP contribution in [-0.4, -0.2) is 36.2 Å². The first-order valence-corrected chi connectivity index (χ1v) is 8.51. The SMILES string of the molecule is CCc1nnc(NC(=O)CCC(=O)Nc2cc(OC)ccc2OC)s1. The highest BCUT2D eigenvalue weighted by Gasteiger charge is 2.12. The number of amides is 2. The molecule has 0 spiro atoms. The lowest BCUT2D eigenvalue weighted by Gasteiger charge is -2.11. The summed E-state index contributed by atoms with van der Waals surface area (Å²) >= 11 is 1.32. The molecule has 1 aromatic carbocycles. The Labute approximate surface area is 149 Å². The van der Waals surface area contributed by atoms with Crippen LogP contribution in [0.25, 0.3) is 0 Å². The monoisotopic (exact) mass is 364 g/mol. The van der Waals surface area contributed by atoms with Gasteiger partial charge < -0.3 is 20.1 Å². The number of hydrogen-bond acceptors (Lipinski definition) is 7. The first kappa shape index (κ1) is 18.7. The van der Waals surface area contributed by atoms with Gasteiger partial charge in [-0.3, -0.25) is 9.59 Å². The summed E-state index contributed by atoms with van der Waals surface area (Å²) in [6, 6.07) is 5.08. The molecular weight excluding hydrogens is 344 g/mol. The number of ether oxygens (including phenoxy) is 2. The Morgan fingerprint density at radius 3 is 2.40 bits per heavy atom. The fourth-order valence-corrected chi connectivity index (χ4v) is 2.68. The third kappa shape index (κ3) is 5.42. The smallest absolute Gasteiger partial charge is 0.226 e. The number of benzene rings is 1. The Morgan fingerprint density at radius 1 is 1.08 bits per heavy atom. The molecule has 0 aliphatic heterocycles. The molecule has 2 aromatic rings. The Balaban J connectivity index is 1.86. The zero-order valence-electron chi connectivity index (χ0n) is 14.3. The van der Waals surface area contributed by atoms with Crippen LogP contribution in [0.1, 0.15) is 24.8 Å². The summed E-state index contributed by atoms with van der Waals surface area (Å²) < 4.78 is 10.3. The number of rotatable bonds is 8. The van der Waals surface area contributed by atoms with E-state index in [2.05, 4.69) is 20.8 Å². The quantitative estimate of drug-likeness (QED) is 0.746. The van der Waals surface area contributed by atoms with Gasteiger partial charge in [0.25, 0.3) is 0 Å². The van der Waals surface area contributed by atoms with Gasteiger partial charge in [-0.05, 0) is 18.6 Å². The van der Waals surface area contributed by atoms with E-state index in [-0.39, 0.29) is 24.7 Å². The first-order chi connectivity index (χ1) is 12.0. The third-order valence-electron chi connectivity index (χ3n) is 3.28. The molecule has 2 rings (SSSR count). The predicted molar refractivity (Wildman–Crippen MR) is 95.3 cm³/mol. The number of anilines is 2. The normalized spacial score (nSPS) is 10.2. The summed E-state index contributed by atoms with van der Waals surface area (Å²) in [5.74, 6) is 0.524. The summed E-state index contributed by atoms with van der Waals surface area (Å²) in [7, 11) is 3.05. The Hall–Kier alpha value is -2.68. The molecule has 0 aliphatic carbocycles. The van der Waals surface area contributed by atoms with Crippen molar-refractivity contribution in [3.8, 4) is 11.5 Å². The number of aryl methyl sites for hydroxylation is 1. The molecule has 0 saturated carbocycles. The summed E-state index contributed by atoms with van der Waals surface area (Å²) in [4.78, 5) is 24.0. The van der Waals surface area contributed by atoms with Crippen LogP contribution in [0.15, 0.2) is 18.2 Å². The van der Waals surface area contributed by atoms with Gasteiger partial charge in [0, 0.05) is 18.9 Å². The van der Waals surface area contributed by atoms with Crippen LogP contribution in [0.5, 0.6) is 11.5 Å². The molecular formula is C16H20N4O4S. The molecule has 1 heterocycles. The molecule has 134 valence electrons. The zero-order chi connectivity index (χ0) is 18.2. The van der Waals surface area contributed by atoms with Crippen molar-refractivity contribution in [2.24, 2.45) is 0 Å². The van der Waals surface area contributed by atoms with Crippen LogP contribution in [0.4, 0.5) is 10.8 Å². The fourth-order valence-electron chi connectivity index (χ4n) is 1.98. The molecule has 0 radical (unpaired) electrons. The van der Waals surface area contributed by atoms with Gasteiger partial charge in [0.2, 0.25) is 16.9 Å². The summed E-state index contributed by atoms with van der Waals surface area (Å²) in [5.41, 5.74) is 0.490. The van der Waals surface area contributed by atoms with Crippen molar-refractivity contribution in [3.63, 3.8) is 0 Å². The van der Waals surface area contributed by atoms with Crippen LogP contribution in [0.2, 0.25) is 0 Å². The Morgan fingerprint density at radius 2 is 1.80 bits per heavy atom. The van der Waals surface area contributed by atoms with Crippen molar-refractivity contribution in [2.45, 2.75) is 26.2 Å². The van der Waals surface area contributed by atoms with Crippen molar-refractivity contribution >= 4 is 34.0 Å². The maximum absolute atomic E-state index is 12.1. The minimum atomic E-state index is -0.298. The highest BCUT2D eigenvalue weighted by Crippen LogP contribution is 2.29. The number of carbonyl (C=O) groups excluding carboxylic acids is 2. The van der Waals surface area contributed by atoms with Crippen molar-refractivity contribution in [3.05, 3.63) is 23.2 Å². The van der Waals surface area contributed by atoms with Gasteiger partial charge in [-0.1, -0.05) is 18.3 Å². The molecule has 0 fully saturated rings. The van der Waals surface area contributed by atoms with Crippen LogP contribution in [0.3, 0.4) is 0 Å². The number of hydrogen-bond donors (Lipinski definition) is 2. The van der Waals surface area contributed by atoms with Crippen LogP contribution >= 0.6 is 11.3 Å². The predicted octanol–water partition coefficient (Wildman–Crippen LogP) is 2.48. The maximum atomic E-state index is 12.1. The number of carbonyl (C=O) groups is 2. The van der Waals surface area contributed by atoms with E-state index in [1.165, 1.54) is 25.6 Å². The number of nitrogens with one attached hydrogen (secondary N) is 2. The van der Waals surface area contributed by atoms with E-state index in [1.54, 1.807) is 18.2 Å². The third-order valence-corrected chi connectivity index (χ3v) is 4.26. The minimum Gasteiger partial charge on any atom is -0.497 e. The lowest BCUT2D eigenvalue weighted by molar-refractivity contribution is -0.121. The molecule has 8 nitrogen and oxygen atoms in total. The molecule has 2 N–H and O–H groups in total. The largest absolute Gasteiger partial charge is 0.497 e. The fraction of sp³-hybridized carbons (Fsp3) is 0.375. The van der Waals surface area contributed by atoms with Gasteiger partial charge in [0.15, 0.2) is 0 Å². The Kier molecular flexibility index (Phi) is 6.70. The highest BCUT2D eigenvalue weighted by atomic mass is 32.1. The number of nitrogens with zero attached hydrogens (tertiary/aromatic N) is 2. The van der Waals surface area contributed by atoms with Crippen molar-refractivity contribution in [2.75, 3.05) is 24.9 Å². The van der Waals surface area contributed by atoms with E-state index in [0.29, 0.717) is 22.3 Å². The lowest BCUT2D eigenvalue weighted by Crippen LogP contribution is -2.17. The molecule has 0 saturated heterocycles. The van der Waals surface area contributed by atoms with Crippen molar-refractivity contribution < 1.29 is 19.1 Å². The second kappa shape index (κ2) is 8.97. The summed E-state index contributed by atoms with van der Waals surface area (Å²) in [6.07, 6.45) is 0.836. The van der Waals surface area contributed by atoms with E-state index >= 15 is 0 Å². The number of methoxy groups -OCH3 is 2. The molecule has 0 bridgehead atoms. The van der Waals surface area contributed by atoms with Gasteiger partial charge in [-0.2, -0.15) is 0 Å². The molecule has 0 atom stereocenters.